The molecule has 0 spiro atoms. The van der Waals surface area contributed by atoms with Gasteiger partial charge in [0.25, 0.3) is 5.91 Å². The zero-order valence-corrected chi connectivity index (χ0v) is 14.4. The molecule has 0 aromatic heterocycles. The average molecular weight is 301 g/mol. The van der Waals surface area contributed by atoms with E-state index in [0.29, 0.717) is 6.04 Å². The van der Waals surface area contributed by atoms with Crippen LogP contribution in [-0.2, 0) is 11.2 Å². The van der Waals surface area contributed by atoms with Crippen LogP contribution in [0.4, 0.5) is 5.69 Å². The summed E-state index contributed by atoms with van der Waals surface area (Å²) in [5.74, 6) is 0.286. The molecule has 1 heterocycles. The molecule has 0 bridgehead atoms. The Hall–Kier alpha value is -1.35. The molecule has 0 saturated heterocycles. The van der Waals surface area contributed by atoms with Gasteiger partial charge in [-0.2, -0.15) is 0 Å². The quantitative estimate of drug-likeness (QED) is 0.784. The summed E-state index contributed by atoms with van der Waals surface area (Å²) in [6.07, 6.45) is 6.13. The predicted molar refractivity (Wildman–Crippen MR) is 90.9 cm³/mol. The summed E-state index contributed by atoms with van der Waals surface area (Å²) in [6.45, 7) is 4.29. The maximum absolute atomic E-state index is 13.2. The Labute approximate surface area is 134 Å². The van der Waals surface area contributed by atoms with E-state index in [1.54, 1.807) is 0 Å². The van der Waals surface area contributed by atoms with Crippen molar-refractivity contribution in [3.05, 3.63) is 29.8 Å². The number of rotatable bonds is 3. The van der Waals surface area contributed by atoms with Crippen molar-refractivity contribution >= 4 is 11.6 Å². The lowest BCUT2D eigenvalue weighted by atomic mass is 10.1. The number of carbonyl (C=O) groups is 1. The Morgan fingerprint density at radius 3 is 2.55 bits per heavy atom. The number of likely N-dealkylation sites (N-methyl/N-ethyl adjacent to an activating group) is 1. The molecule has 2 aliphatic rings. The van der Waals surface area contributed by atoms with Gasteiger partial charge in [-0.25, -0.2) is 0 Å². The van der Waals surface area contributed by atoms with Crippen LogP contribution in [0.5, 0.6) is 0 Å². The van der Waals surface area contributed by atoms with Crippen molar-refractivity contribution < 1.29 is 9.28 Å². The number of anilines is 1. The second-order valence-electron chi connectivity index (χ2n) is 7.63. The highest BCUT2D eigenvalue weighted by Gasteiger charge is 2.43. The monoisotopic (exact) mass is 301 g/mol. The molecule has 1 fully saturated rings. The molecule has 1 aromatic carbocycles. The number of quaternary nitrogens is 1. The lowest BCUT2D eigenvalue weighted by Gasteiger charge is -2.42. The third-order valence-electron chi connectivity index (χ3n) is 6.07. The molecule has 3 rings (SSSR count). The molecular formula is C19H29N2O+. The van der Waals surface area contributed by atoms with E-state index >= 15 is 0 Å². The molecule has 22 heavy (non-hydrogen) atoms. The van der Waals surface area contributed by atoms with Gasteiger partial charge in [0, 0.05) is 11.7 Å². The van der Waals surface area contributed by atoms with Crippen molar-refractivity contribution in [1.82, 2.24) is 0 Å². The molecule has 120 valence electrons. The first-order chi connectivity index (χ1) is 10.4. The summed E-state index contributed by atoms with van der Waals surface area (Å²) < 4.78 is 0.824. The maximum atomic E-state index is 13.2. The van der Waals surface area contributed by atoms with Crippen LogP contribution >= 0.6 is 0 Å². The topological polar surface area (TPSA) is 20.3 Å². The molecule has 0 N–H and O–H groups in total. The number of para-hydroxylation sites is 1. The molecule has 1 saturated carbocycles. The third-order valence-corrected chi connectivity index (χ3v) is 6.07. The molecule has 3 nitrogen and oxygen atoms in total. The lowest BCUT2D eigenvalue weighted by molar-refractivity contribution is -0.927. The van der Waals surface area contributed by atoms with Crippen molar-refractivity contribution in [3.8, 4) is 0 Å². The van der Waals surface area contributed by atoms with E-state index < -0.39 is 0 Å². The minimum absolute atomic E-state index is 0.0108. The van der Waals surface area contributed by atoms with Crippen LogP contribution in [0.3, 0.4) is 0 Å². The van der Waals surface area contributed by atoms with E-state index in [1.165, 1.54) is 31.2 Å². The number of hydrogen-bond acceptors (Lipinski definition) is 1. The standard InChI is InChI=1S/C19H29N2O/c1-14-13-16-9-5-8-12-18(16)20(14)19(22)15(2)21(3,4)17-10-6-7-11-17/h5,8-9,12,14-15,17H,6-7,10-11,13H2,1-4H3/q+1/t14-,15+/m0/s1. The Kier molecular flexibility index (Phi) is 4.02. The highest BCUT2D eigenvalue weighted by atomic mass is 16.2. The first kappa shape index (κ1) is 15.5. The highest BCUT2D eigenvalue weighted by molar-refractivity contribution is 5.98. The molecule has 1 amide bonds. The number of nitrogens with zero attached hydrogens (tertiary/aromatic N) is 2. The summed E-state index contributed by atoms with van der Waals surface area (Å²) in [4.78, 5) is 15.3. The average Bonchev–Trinajstić information content (AvgIpc) is 3.12. The zero-order valence-electron chi connectivity index (χ0n) is 14.4. The van der Waals surface area contributed by atoms with E-state index in [9.17, 15) is 4.79 Å². The minimum atomic E-state index is 0.0108. The fraction of sp³-hybridized carbons (Fsp3) is 0.632. The smallest absolute Gasteiger partial charge is 0.285 e. The van der Waals surface area contributed by atoms with Crippen molar-refractivity contribution in [2.24, 2.45) is 0 Å². The molecule has 1 aromatic rings. The number of benzene rings is 1. The van der Waals surface area contributed by atoms with Crippen LogP contribution in [-0.4, -0.2) is 42.6 Å². The summed E-state index contributed by atoms with van der Waals surface area (Å²) in [5, 5.41) is 0. The van der Waals surface area contributed by atoms with Gasteiger partial charge in [0.1, 0.15) is 0 Å². The van der Waals surface area contributed by atoms with E-state index in [-0.39, 0.29) is 18.0 Å². The number of hydrogen-bond donors (Lipinski definition) is 0. The Morgan fingerprint density at radius 2 is 1.86 bits per heavy atom. The van der Waals surface area contributed by atoms with Gasteiger partial charge in [-0.1, -0.05) is 18.2 Å². The van der Waals surface area contributed by atoms with Gasteiger partial charge in [-0.3, -0.25) is 4.79 Å². The first-order valence-electron chi connectivity index (χ1n) is 8.67. The largest absolute Gasteiger partial charge is 0.316 e. The number of carbonyl (C=O) groups excluding carboxylic acids is 1. The van der Waals surface area contributed by atoms with Crippen molar-refractivity contribution in [2.45, 2.75) is 64.1 Å². The van der Waals surface area contributed by atoms with Gasteiger partial charge >= 0.3 is 0 Å². The molecule has 1 aliphatic heterocycles. The van der Waals surface area contributed by atoms with Crippen LogP contribution in [0.1, 0.15) is 45.1 Å². The van der Waals surface area contributed by atoms with Gasteiger partial charge in [0.05, 0.1) is 20.1 Å². The summed E-state index contributed by atoms with van der Waals surface area (Å²) in [5.41, 5.74) is 2.43. The Balaban J connectivity index is 1.84. The van der Waals surface area contributed by atoms with E-state index in [2.05, 4.69) is 51.0 Å². The van der Waals surface area contributed by atoms with Crippen molar-refractivity contribution in [2.75, 3.05) is 19.0 Å². The van der Waals surface area contributed by atoms with Gasteiger partial charge in [-0.15, -0.1) is 0 Å². The number of fused-ring (bicyclic) bond motifs is 1. The van der Waals surface area contributed by atoms with E-state index in [0.717, 1.165) is 16.6 Å². The second kappa shape index (κ2) is 5.69. The SMILES string of the molecule is C[C@H](C(=O)N1c2ccccc2C[C@@H]1C)[N+](C)(C)C1CCCC1. The van der Waals surface area contributed by atoms with Crippen LogP contribution < -0.4 is 4.90 Å². The summed E-state index contributed by atoms with van der Waals surface area (Å²) in [7, 11) is 4.48. The highest BCUT2D eigenvalue weighted by Crippen LogP contribution is 2.35. The molecule has 3 heteroatoms. The molecule has 0 radical (unpaired) electrons. The number of amides is 1. The normalized spacial score (nSPS) is 23.6. The lowest BCUT2D eigenvalue weighted by Crippen LogP contribution is -2.60. The third kappa shape index (κ3) is 2.45. The van der Waals surface area contributed by atoms with E-state index in [4.69, 9.17) is 0 Å². The Morgan fingerprint density at radius 1 is 1.23 bits per heavy atom. The minimum Gasteiger partial charge on any atom is -0.316 e. The summed E-state index contributed by atoms with van der Waals surface area (Å²) in [6, 6.07) is 9.28. The molecular weight excluding hydrogens is 272 g/mol. The van der Waals surface area contributed by atoms with Crippen molar-refractivity contribution in [1.29, 1.82) is 0 Å². The van der Waals surface area contributed by atoms with Crippen molar-refractivity contribution in [3.63, 3.8) is 0 Å². The maximum Gasteiger partial charge on any atom is 0.285 e. The molecule has 0 unspecified atom stereocenters. The van der Waals surface area contributed by atoms with Crippen LogP contribution in [0, 0.1) is 0 Å². The van der Waals surface area contributed by atoms with E-state index in [1.807, 2.05) is 6.07 Å². The first-order valence-corrected chi connectivity index (χ1v) is 8.67. The summed E-state index contributed by atoms with van der Waals surface area (Å²) >= 11 is 0. The van der Waals surface area contributed by atoms with Crippen LogP contribution in [0.2, 0.25) is 0 Å². The fourth-order valence-corrected chi connectivity index (χ4v) is 4.27. The van der Waals surface area contributed by atoms with Gasteiger partial charge in [0.15, 0.2) is 6.04 Å². The van der Waals surface area contributed by atoms with Gasteiger partial charge in [-0.05, 0) is 57.6 Å². The predicted octanol–water partition coefficient (Wildman–Crippen LogP) is 3.37. The fourth-order valence-electron chi connectivity index (χ4n) is 4.27. The second-order valence-corrected chi connectivity index (χ2v) is 7.63. The van der Waals surface area contributed by atoms with Crippen LogP contribution in [0.15, 0.2) is 24.3 Å². The zero-order chi connectivity index (χ0) is 15.9. The molecule has 2 atom stereocenters. The van der Waals surface area contributed by atoms with Gasteiger partial charge < -0.3 is 9.38 Å². The van der Waals surface area contributed by atoms with Crippen LogP contribution in [0.25, 0.3) is 0 Å². The van der Waals surface area contributed by atoms with Gasteiger partial charge in [0.2, 0.25) is 0 Å². The Bertz CT molecular complexity index is 560. The molecule has 1 aliphatic carbocycles.